The molecule has 0 aliphatic heterocycles. The first-order chi connectivity index (χ1) is 20.3. The summed E-state index contributed by atoms with van der Waals surface area (Å²) < 4.78 is 20.6. The normalized spacial score (nSPS) is 29.7. The number of hydrogen-bond acceptors (Lipinski definition) is 3. The summed E-state index contributed by atoms with van der Waals surface area (Å²) in [4.78, 5) is 0. The number of hydrogen-bond donors (Lipinski definition) is 0. The van der Waals surface area contributed by atoms with Crippen LogP contribution in [0.5, 0.6) is 0 Å². The fourth-order valence-electron chi connectivity index (χ4n) is 8.01. The van der Waals surface area contributed by atoms with Crippen molar-refractivity contribution >= 4 is 25.0 Å². The molecule has 0 bridgehead atoms. The molecule has 0 unspecified atom stereocenters. The van der Waals surface area contributed by atoms with E-state index in [2.05, 4.69) is 113 Å². The molecule has 262 valence electrons. The Morgan fingerprint density at radius 2 is 1.29 bits per heavy atom. The molecular weight excluding hydrogens is 601 g/mol. The highest BCUT2D eigenvalue weighted by atomic mass is 28.4. The molecular formula is C39H76O3Si3. The smallest absolute Gasteiger partial charge is 0.192 e. The average molecular weight is 677 g/mol. The van der Waals surface area contributed by atoms with Gasteiger partial charge in [-0.2, -0.15) is 0 Å². The zero-order chi connectivity index (χ0) is 34.1. The van der Waals surface area contributed by atoms with Crippen molar-refractivity contribution in [2.45, 2.75) is 213 Å². The van der Waals surface area contributed by atoms with Crippen LogP contribution < -0.4 is 0 Å². The van der Waals surface area contributed by atoms with E-state index in [0.717, 1.165) is 25.2 Å². The van der Waals surface area contributed by atoms with Gasteiger partial charge in [0.1, 0.15) is 0 Å². The summed E-state index contributed by atoms with van der Waals surface area (Å²) in [5, 5.41) is 0.444. The van der Waals surface area contributed by atoms with Crippen molar-refractivity contribution in [3.05, 3.63) is 23.3 Å². The van der Waals surface area contributed by atoms with Gasteiger partial charge in [0, 0.05) is 0 Å². The van der Waals surface area contributed by atoms with Gasteiger partial charge in [-0.25, -0.2) is 0 Å². The molecule has 6 heteroatoms. The van der Waals surface area contributed by atoms with E-state index in [4.69, 9.17) is 13.3 Å². The molecule has 0 radical (unpaired) electrons. The van der Waals surface area contributed by atoms with Crippen LogP contribution in [-0.4, -0.2) is 42.8 Å². The molecule has 3 nitrogen and oxygen atoms in total. The zero-order valence-electron chi connectivity index (χ0n) is 32.8. The van der Waals surface area contributed by atoms with Crippen LogP contribution in [-0.2, 0) is 13.3 Å². The third-order valence-electron chi connectivity index (χ3n) is 12.2. The molecule has 0 saturated heterocycles. The summed E-state index contributed by atoms with van der Waals surface area (Å²) in [6.45, 7) is 35.4. The summed E-state index contributed by atoms with van der Waals surface area (Å²) in [5.74, 6) is 0.908. The van der Waals surface area contributed by atoms with E-state index < -0.39 is 25.0 Å². The van der Waals surface area contributed by atoms with E-state index in [1.165, 1.54) is 64.2 Å². The van der Waals surface area contributed by atoms with Crippen LogP contribution >= 0.6 is 0 Å². The molecule has 3 saturated carbocycles. The molecule has 3 fully saturated rings. The predicted molar refractivity (Wildman–Crippen MR) is 205 cm³/mol. The summed E-state index contributed by atoms with van der Waals surface area (Å²) in [6, 6.07) is 0. The molecule has 0 amide bonds. The maximum absolute atomic E-state index is 7.07. The maximum Gasteiger partial charge on any atom is 0.192 e. The summed E-state index contributed by atoms with van der Waals surface area (Å²) in [7, 11) is -5.21. The highest BCUT2D eigenvalue weighted by molar-refractivity contribution is 6.74. The van der Waals surface area contributed by atoms with Crippen LogP contribution in [0.3, 0.4) is 0 Å². The zero-order valence-corrected chi connectivity index (χ0v) is 35.8. The van der Waals surface area contributed by atoms with Gasteiger partial charge in [0.05, 0.1) is 17.8 Å². The van der Waals surface area contributed by atoms with E-state index in [1.807, 2.05) is 0 Å². The SMILES string of the molecule is CC(C)(CCC[C@@H]1CC[C@@]2(CCC/C(=C\C=C3C[C@@H](O[Si](C)(C)C(C)(C)C)C[C@@H](O[Si](C)(C)C(C)(C)C)C3)C2)C1)O[Si](C)(C)C. The Bertz CT molecular complexity index is 999. The first-order valence-corrected chi connectivity index (χ1v) is 28.0. The van der Waals surface area contributed by atoms with E-state index in [0.29, 0.717) is 5.41 Å². The van der Waals surface area contributed by atoms with Crippen molar-refractivity contribution in [1.82, 2.24) is 0 Å². The van der Waals surface area contributed by atoms with Gasteiger partial charge >= 0.3 is 0 Å². The molecule has 4 atom stereocenters. The van der Waals surface area contributed by atoms with Crippen molar-refractivity contribution in [2.75, 3.05) is 0 Å². The Kier molecular flexibility index (Phi) is 12.7. The molecule has 0 aromatic carbocycles. The van der Waals surface area contributed by atoms with Crippen LogP contribution in [0.4, 0.5) is 0 Å². The van der Waals surface area contributed by atoms with Gasteiger partial charge in [-0.1, -0.05) is 77.7 Å². The van der Waals surface area contributed by atoms with Crippen molar-refractivity contribution in [3.8, 4) is 0 Å². The van der Waals surface area contributed by atoms with E-state index in [9.17, 15) is 0 Å². The third kappa shape index (κ3) is 11.8. The lowest BCUT2D eigenvalue weighted by molar-refractivity contribution is 0.0725. The Balaban J connectivity index is 1.67. The minimum absolute atomic E-state index is 0.0254. The number of allylic oxidation sites excluding steroid dienone is 3. The first kappa shape index (κ1) is 39.4. The monoisotopic (exact) mass is 677 g/mol. The lowest BCUT2D eigenvalue weighted by Gasteiger charge is -2.45. The lowest BCUT2D eigenvalue weighted by Crippen LogP contribution is -2.48. The fraction of sp³-hybridized carbons (Fsp3) is 0.897. The lowest BCUT2D eigenvalue weighted by atomic mass is 9.70. The van der Waals surface area contributed by atoms with Gasteiger partial charge in [-0.15, -0.1) is 0 Å². The second-order valence-corrected chi connectivity index (χ2v) is 34.2. The molecule has 3 rings (SSSR count). The van der Waals surface area contributed by atoms with Crippen molar-refractivity contribution < 1.29 is 13.3 Å². The maximum atomic E-state index is 7.07. The van der Waals surface area contributed by atoms with E-state index in [-0.39, 0.29) is 27.9 Å². The average Bonchev–Trinajstić information content (AvgIpc) is 3.20. The highest BCUT2D eigenvalue weighted by Crippen LogP contribution is 2.54. The van der Waals surface area contributed by atoms with Gasteiger partial charge in [0.2, 0.25) is 0 Å². The number of rotatable bonds is 11. The Labute approximate surface area is 284 Å². The van der Waals surface area contributed by atoms with Crippen LogP contribution in [0.15, 0.2) is 23.3 Å². The molecule has 3 aliphatic rings. The van der Waals surface area contributed by atoms with Crippen molar-refractivity contribution in [2.24, 2.45) is 11.3 Å². The first-order valence-electron chi connectivity index (χ1n) is 18.7. The third-order valence-corrected chi connectivity index (χ3v) is 22.4. The molecule has 0 heterocycles. The van der Waals surface area contributed by atoms with Crippen LogP contribution in [0.1, 0.15) is 139 Å². The summed E-state index contributed by atoms with van der Waals surface area (Å²) in [6.07, 6.45) is 22.4. The minimum Gasteiger partial charge on any atom is -0.414 e. The summed E-state index contributed by atoms with van der Waals surface area (Å²) >= 11 is 0. The molecule has 1 spiro atoms. The second kappa shape index (κ2) is 14.5. The Morgan fingerprint density at radius 3 is 1.80 bits per heavy atom. The molecule has 45 heavy (non-hydrogen) atoms. The standard InChI is InChI=1S/C39H76O3Si3/c1-36(2,3)44(12,13)40-34-26-33(27-35(28-34)41-45(14,15)37(4,5)6)21-20-31-19-17-24-39(29-31)25-22-32(30-39)18-16-23-38(7,8)42-43(9,10)11/h20-21,32,34-35H,16-19,22-30H2,1-15H3/b31-20+,33-21?/t32-,34-,35+,39-/m1/s1. The molecule has 0 aromatic rings. The van der Waals surface area contributed by atoms with E-state index in [1.54, 1.807) is 11.1 Å². The Morgan fingerprint density at radius 1 is 0.756 bits per heavy atom. The van der Waals surface area contributed by atoms with Gasteiger partial charge in [-0.05, 0) is 152 Å². The van der Waals surface area contributed by atoms with Gasteiger partial charge in [-0.3, -0.25) is 0 Å². The van der Waals surface area contributed by atoms with E-state index >= 15 is 0 Å². The Hall–Kier alpha value is 0.0106. The highest BCUT2D eigenvalue weighted by Gasteiger charge is 2.44. The topological polar surface area (TPSA) is 27.7 Å². The van der Waals surface area contributed by atoms with Gasteiger partial charge in [0.15, 0.2) is 25.0 Å². The molecule has 0 aromatic heterocycles. The van der Waals surface area contributed by atoms with Gasteiger partial charge < -0.3 is 13.3 Å². The van der Waals surface area contributed by atoms with Gasteiger partial charge in [0.25, 0.3) is 0 Å². The predicted octanol–water partition coefficient (Wildman–Crippen LogP) is 13.0. The van der Waals surface area contributed by atoms with Crippen LogP contribution in [0, 0.1) is 11.3 Å². The quantitative estimate of drug-likeness (QED) is 0.204. The molecule has 3 aliphatic carbocycles. The second-order valence-electron chi connectivity index (χ2n) is 20.3. The van der Waals surface area contributed by atoms with Crippen LogP contribution in [0.25, 0.3) is 0 Å². The van der Waals surface area contributed by atoms with Crippen LogP contribution in [0.2, 0.25) is 55.9 Å². The fourth-order valence-corrected chi connectivity index (χ4v) is 12.5. The molecule has 0 N–H and O–H groups in total. The largest absolute Gasteiger partial charge is 0.414 e. The summed E-state index contributed by atoms with van der Waals surface area (Å²) in [5.41, 5.74) is 3.84. The minimum atomic E-state index is -1.85. The van der Waals surface area contributed by atoms with Crippen molar-refractivity contribution in [3.63, 3.8) is 0 Å². The van der Waals surface area contributed by atoms with Crippen molar-refractivity contribution in [1.29, 1.82) is 0 Å².